The fourth-order valence-electron chi connectivity index (χ4n) is 5.02. The second-order valence-corrected chi connectivity index (χ2v) is 10.0. The fraction of sp³-hybridized carbons (Fsp3) is 0.444. The van der Waals surface area contributed by atoms with Crippen molar-refractivity contribution in [3.63, 3.8) is 0 Å². The quantitative estimate of drug-likeness (QED) is 0.157. The van der Waals surface area contributed by atoms with Crippen LogP contribution < -0.4 is 5.43 Å². The van der Waals surface area contributed by atoms with E-state index < -0.39 is 85.6 Å². The van der Waals surface area contributed by atoms with Gasteiger partial charge in [-0.1, -0.05) is 12.1 Å². The minimum Gasteiger partial charge on any atom is -0.508 e. The Labute approximate surface area is 231 Å². The maximum atomic E-state index is 13.1. The van der Waals surface area contributed by atoms with Crippen LogP contribution in [0.15, 0.2) is 51.9 Å². The van der Waals surface area contributed by atoms with E-state index in [1.807, 2.05) is 0 Å². The number of aliphatic hydroxyl groups is 7. The predicted octanol–water partition coefficient (Wildman–Crippen LogP) is -1.79. The number of hydrogen-bond donors (Lipinski definition) is 9. The van der Waals surface area contributed by atoms with Crippen molar-refractivity contribution in [2.24, 2.45) is 0 Å². The standard InChI is InChI=1S/C27H30O14/c28-7-16-20(32)23(35)25(37)27(41-16)39-9-17-21(33)22(34)24(36)26(40-17)11-5-14(30)18-15(6-11)38-8-13(19(18)31)10-1-3-12(29)4-2-10/h1-6,8,16-17,20-30,32-37H,7,9H2/t16-,17-,20-,21-,22+,23+,24-,25-,26+,27-/m1/s1. The second kappa shape index (κ2) is 11.6. The van der Waals surface area contributed by atoms with Crippen molar-refractivity contribution < 1.29 is 64.6 Å². The number of aliphatic hydroxyl groups excluding tert-OH is 7. The van der Waals surface area contributed by atoms with Crippen molar-refractivity contribution >= 4 is 11.0 Å². The highest BCUT2D eigenvalue weighted by Crippen LogP contribution is 2.37. The van der Waals surface area contributed by atoms with Crippen LogP contribution in [0.5, 0.6) is 11.5 Å². The van der Waals surface area contributed by atoms with Crippen molar-refractivity contribution in [1.29, 1.82) is 0 Å². The summed E-state index contributed by atoms with van der Waals surface area (Å²) in [7, 11) is 0. The zero-order valence-electron chi connectivity index (χ0n) is 21.3. The van der Waals surface area contributed by atoms with Gasteiger partial charge in [-0.25, -0.2) is 0 Å². The molecule has 2 fully saturated rings. The normalized spacial score (nSPS) is 34.1. The molecular weight excluding hydrogens is 548 g/mol. The first-order valence-electron chi connectivity index (χ1n) is 12.7. The molecule has 222 valence electrons. The van der Waals surface area contributed by atoms with E-state index in [-0.39, 0.29) is 27.8 Å². The summed E-state index contributed by atoms with van der Waals surface area (Å²) < 4.78 is 22.1. The molecule has 0 spiro atoms. The molecule has 0 aliphatic carbocycles. The van der Waals surface area contributed by atoms with Gasteiger partial charge in [-0.2, -0.15) is 0 Å². The third-order valence-corrected chi connectivity index (χ3v) is 7.37. The van der Waals surface area contributed by atoms with E-state index in [0.717, 1.165) is 6.07 Å². The predicted molar refractivity (Wildman–Crippen MR) is 137 cm³/mol. The Balaban J connectivity index is 1.39. The molecule has 2 aliphatic rings. The van der Waals surface area contributed by atoms with Gasteiger partial charge in [0.2, 0.25) is 5.43 Å². The molecule has 2 saturated heterocycles. The largest absolute Gasteiger partial charge is 0.508 e. The van der Waals surface area contributed by atoms with Gasteiger partial charge >= 0.3 is 0 Å². The minimum atomic E-state index is -1.75. The molecule has 9 N–H and O–H groups in total. The maximum Gasteiger partial charge on any atom is 0.204 e. The van der Waals surface area contributed by atoms with Gasteiger partial charge in [-0.15, -0.1) is 0 Å². The van der Waals surface area contributed by atoms with Crippen molar-refractivity contribution in [1.82, 2.24) is 0 Å². The second-order valence-electron chi connectivity index (χ2n) is 10.0. The van der Waals surface area contributed by atoms with E-state index in [1.165, 1.54) is 36.6 Å². The van der Waals surface area contributed by atoms with Gasteiger partial charge in [0.25, 0.3) is 0 Å². The van der Waals surface area contributed by atoms with Crippen molar-refractivity contribution in [2.75, 3.05) is 13.2 Å². The molecule has 2 aliphatic heterocycles. The molecule has 0 radical (unpaired) electrons. The average Bonchev–Trinajstić information content (AvgIpc) is 2.95. The van der Waals surface area contributed by atoms with Gasteiger partial charge in [0.15, 0.2) is 6.29 Å². The average molecular weight is 579 g/mol. The van der Waals surface area contributed by atoms with E-state index in [1.54, 1.807) is 0 Å². The summed E-state index contributed by atoms with van der Waals surface area (Å²) in [5.41, 5.74) is 0.0306. The van der Waals surface area contributed by atoms with Gasteiger partial charge in [0.1, 0.15) is 83.7 Å². The molecule has 0 amide bonds. The smallest absolute Gasteiger partial charge is 0.204 e. The summed E-state index contributed by atoms with van der Waals surface area (Å²) in [6, 6.07) is 8.26. The Kier molecular flexibility index (Phi) is 8.31. The van der Waals surface area contributed by atoms with E-state index in [0.29, 0.717) is 5.56 Å². The molecule has 41 heavy (non-hydrogen) atoms. The Morgan fingerprint density at radius 3 is 2.12 bits per heavy atom. The Morgan fingerprint density at radius 2 is 1.44 bits per heavy atom. The number of fused-ring (bicyclic) bond motifs is 1. The molecule has 0 bridgehead atoms. The van der Waals surface area contributed by atoms with Gasteiger partial charge < -0.3 is 64.6 Å². The first-order valence-corrected chi connectivity index (χ1v) is 12.7. The molecule has 0 saturated carbocycles. The molecule has 14 nitrogen and oxygen atoms in total. The van der Waals surface area contributed by atoms with Gasteiger partial charge in [-0.05, 0) is 35.4 Å². The number of phenols is 2. The van der Waals surface area contributed by atoms with Crippen LogP contribution in [0.4, 0.5) is 0 Å². The molecule has 3 heterocycles. The third kappa shape index (κ3) is 5.42. The zero-order chi connectivity index (χ0) is 29.6. The minimum absolute atomic E-state index is 0.00153. The maximum absolute atomic E-state index is 13.1. The summed E-state index contributed by atoms with van der Waals surface area (Å²) >= 11 is 0. The summed E-state index contributed by atoms with van der Waals surface area (Å²) in [6.45, 7) is -1.22. The first kappa shape index (κ1) is 29.3. The van der Waals surface area contributed by atoms with Crippen molar-refractivity contribution in [2.45, 2.75) is 61.2 Å². The first-order chi connectivity index (χ1) is 19.5. The van der Waals surface area contributed by atoms with Crippen molar-refractivity contribution in [3.05, 3.63) is 58.4 Å². The molecule has 5 rings (SSSR count). The third-order valence-electron chi connectivity index (χ3n) is 7.37. The number of rotatable bonds is 6. The van der Waals surface area contributed by atoms with Gasteiger partial charge in [0.05, 0.1) is 18.8 Å². The van der Waals surface area contributed by atoms with Crippen LogP contribution in [0.2, 0.25) is 0 Å². The van der Waals surface area contributed by atoms with E-state index in [2.05, 4.69) is 0 Å². The number of aromatic hydroxyl groups is 2. The summed E-state index contributed by atoms with van der Waals surface area (Å²) in [4.78, 5) is 13.1. The monoisotopic (exact) mass is 578 g/mol. The molecule has 1 aromatic heterocycles. The lowest BCUT2D eigenvalue weighted by atomic mass is 9.90. The topological polar surface area (TPSA) is 240 Å². The van der Waals surface area contributed by atoms with Gasteiger partial charge in [-0.3, -0.25) is 4.79 Å². The lowest BCUT2D eigenvalue weighted by Crippen LogP contribution is -2.60. The molecule has 14 heteroatoms. The van der Waals surface area contributed by atoms with Crippen LogP contribution >= 0.6 is 0 Å². The Hall–Kier alpha value is -3.15. The number of ether oxygens (including phenoxy) is 3. The highest BCUT2D eigenvalue weighted by molar-refractivity contribution is 5.87. The number of benzene rings is 2. The van der Waals surface area contributed by atoms with Crippen LogP contribution in [-0.4, -0.2) is 114 Å². The van der Waals surface area contributed by atoms with E-state index in [9.17, 15) is 50.8 Å². The molecular formula is C27H30O14. The van der Waals surface area contributed by atoms with E-state index >= 15 is 0 Å². The van der Waals surface area contributed by atoms with E-state index in [4.69, 9.17) is 18.6 Å². The summed E-state index contributed by atoms with van der Waals surface area (Å²) in [5.74, 6) is -0.501. The molecule has 10 atom stereocenters. The number of hydrogen-bond acceptors (Lipinski definition) is 14. The van der Waals surface area contributed by atoms with Crippen LogP contribution in [0.25, 0.3) is 22.1 Å². The van der Waals surface area contributed by atoms with Gasteiger partial charge in [0, 0.05) is 0 Å². The van der Waals surface area contributed by atoms with Crippen LogP contribution in [0.1, 0.15) is 11.7 Å². The lowest BCUT2D eigenvalue weighted by molar-refractivity contribution is -0.314. The Bertz CT molecular complexity index is 1420. The summed E-state index contributed by atoms with van der Waals surface area (Å²) in [5, 5.41) is 91.2. The number of phenolic OH excluding ortho intramolecular Hbond substituents is 2. The fourth-order valence-corrected chi connectivity index (χ4v) is 5.02. The molecule has 3 aromatic rings. The van der Waals surface area contributed by atoms with Crippen LogP contribution in [0.3, 0.4) is 0 Å². The SMILES string of the molecule is O=c1c(-c2ccc(O)cc2)coc2cc([C@@H]3O[C@H](CO[C@@H]4O[C@H](CO)[C@@H](O)[C@H](O)[C@H]4O)[C@@H](O)[C@H](O)[C@H]3O)cc(O)c12. The summed E-state index contributed by atoms with van der Waals surface area (Å²) in [6.07, 6.45) is -14.4. The Morgan fingerprint density at radius 1 is 0.780 bits per heavy atom. The van der Waals surface area contributed by atoms with Crippen LogP contribution in [-0.2, 0) is 14.2 Å². The molecule has 0 unspecified atom stereocenters. The highest BCUT2D eigenvalue weighted by atomic mass is 16.7. The van der Waals surface area contributed by atoms with Crippen LogP contribution in [0, 0.1) is 0 Å². The lowest BCUT2D eigenvalue weighted by Gasteiger charge is -2.43. The highest BCUT2D eigenvalue weighted by Gasteiger charge is 2.47. The zero-order valence-corrected chi connectivity index (χ0v) is 21.3. The molecule has 2 aromatic carbocycles. The van der Waals surface area contributed by atoms with Crippen molar-refractivity contribution in [3.8, 4) is 22.6 Å².